The molecule has 4 heterocycles. The van der Waals surface area contributed by atoms with E-state index in [1.165, 1.54) is 0 Å². The first-order chi connectivity index (χ1) is 9.34. The number of H-pyrrole nitrogens is 2. The first-order valence-electron chi connectivity index (χ1n) is 6.61. The smallest absolute Gasteiger partial charge is 0.326 e. The Kier molecular flexibility index (Phi) is 2.25. The zero-order valence-electron chi connectivity index (χ0n) is 10.4. The van der Waals surface area contributed by atoms with Gasteiger partial charge in [0.15, 0.2) is 0 Å². The van der Waals surface area contributed by atoms with E-state index in [0.29, 0.717) is 0 Å². The number of rotatable bonds is 1. The molecular weight excluding hydrogens is 242 g/mol. The van der Waals surface area contributed by atoms with Crippen LogP contribution in [0.3, 0.4) is 0 Å². The van der Waals surface area contributed by atoms with Gasteiger partial charge in [-0.2, -0.15) is 0 Å². The minimum Gasteiger partial charge on any atom is -0.346 e. The molecule has 0 aromatic carbocycles. The minimum atomic E-state index is -0.0424. The number of imidazole rings is 1. The highest BCUT2D eigenvalue weighted by atomic mass is 16.1. The van der Waals surface area contributed by atoms with Crippen molar-refractivity contribution in [3.05, 3.63) is 28.9 Å². The highest BCUT2D eigenvalue weighted by Crippen LogP contribution is 2.25. The van der Waals surface area contributed by atoms with Gasteiger partial charge in [0.1, 0.15) is 5.65 Å². The molecule has 0 aliphatic carbocycles. The maximum atomic E-state index is 12.2. The van der Waals surface area contributed by atoms with Crippen molar-refractivity contribution in [3.63, 3.8) is 0 Å². The second-order valence-corrected chi connectivity index (χ2v) is 5.06. The lowest BCUT2D eigenvalue weighted by atomic mass is 10.1. The summed E-state index contributed by atoms with van der Waals surface area (Å²) in [5, 5.41) is 4.36. The Labute approximate surface area is 108 Å². The van der Waals surface area contributed by atoms with Crippen molar-refractivity contribution in [2.75, 3.05) is 13.1 Å². The quantitative estimate of drug-likeness (QED) is 0.611. The topological polar surface area (TPSA) is 78.5 Å². The third kappa shape index (κ3) is 1.53. The molecule has 98 valence electrons. The maximum absolute atomic E-state index is 12.2. The lowest BCUT2D eigenvalue weighted by Gasteiger charge is -2.24. The summed E-state index contributed by atoms with van der Waals surface area (Å²) < 4.78 is 1.89. The van der Waals surface area contributed by atoms with Crippen molar-refractivity contribution in [3.8, 4) is 0 Å². The average Bonchev–Trinajstić information content (AvgIpc) is 3.02. The fourth-order valence-electron chi connectivity index (χ4n) is 3.02. The summed E-state index contributed by atoms with van der Waals surface area (Å²) in [4.78, 5) is 22.6. The molecule has 0 saturated carbocycles. The molecule has 0 bridgehead atoms. The second-order valence-electron chi connectivity index (χ2n) is 5.06. The van der Waals surface area contributed by atoms with Gasteiger partial charge in [-0.15, -0.1) is 0 Å². The molecule has 3 N–H and O–H groups in total. The summed E-state index contributed by atoms with van der Waals surface area (Å²) in [6.07, 6.45) is 5.72. The fraction of sp³-hybridized carbons (Fsp3) is 0.385. The summed E-state index contributed by atoms with van der Waals surface area (Å²) in [5.41, 5.74) is 2.55. The van der Waals surface area contributed by atoms with Crippen LogP contribution >= 0.6 is 0 Å². The van der Waals surface area contributed by atoms with Gasteiger partial charge in [0.05, 0.1) is 23.3 Å². The van der Waals surface area contributed by atoms with Crippen molar-refractivity contribution in [1.29, 1.82) is 0 Å². The van der Waals surface area contributed by atoms with E-state index in [2.05, 4.69) is 20.3 Å². The lowest BCUT2D eigenvalue weighted by molar-refractivity contribution is 0.372. The van der Waals surface area contributed by atoms with Crippen LogP contribution in [0.2, 0.25) is 0 Å². The van der Waals surface area contributed by atoms with Gasteiger partial charge in [0.25, 0.3) is 0 Å². The standard InChI is InChI=1S/C13H15N5O/c19-13-17-10-7-16-12-9(3-5-15-12)11(10)18(13)8-2-1-4-14-6-8/h3,5,7-8,14H,1-2,4,6H2,(H,15,16)(H,17,19). The number of aromatic nitrogens is 4. The molecule has 1 atom stereocenters. The average molecular weight is 257 g/mol. The van der Waals surface area contributed by atoms with Gasteiger partial charge in [0.2, 0.25) is 0 Å². The molecular formula is C13H15N5O. The molecule has 1 unspecified atom stereocenters. The number of aromatic amines is 2. The van der Waals surface area contributed by atoms with E-state index in [0.717, 1.165) is 48.0 Å². The molecule has 0 spiro atoms. The second kappa shape index (κ2) is 3.96. The summed E-state index contributed by atoms with van der Waals surface area (Å²) in [5.74, 6) is 0. The minimum absolute atomic E-state index is 0.0424. The first-order valence-corrected chi connectivity index (χ1v) is 6.61. The SMILES string of the molecule is O=c1[nH]c2cnc3[nH]ccc3c2n1C1CCCNC1. The van der Waals surface area contributed by atoms with Gasteiger partial charge in [-0.1, -0.05) is 0 Å². The zero-order valence-corrected chi connectivity index (χ0v) is 10.4. The predicted octanol–water partition coefficient (Wildman–Crippen LogP) is 1.13. The third-order valence-electron chi connectivity index (χ3n) is 3.90. The molecule has 4 rings (SSSR count). The van der Waals surface area contributed by atoms with Crippen molar-refractivity contribution in [1.82, 2.24) is 24.8 Å². The highest BCUT2D eigenvalue weighted by Gasteiger charge is 2.21. The first kappa shape index (κ1) is 10.8. The Hall–Kier alpha value is -2.08. The van der Waals surface area contributed by atoms with Gasteiger partial charge in [-0.3, -0.25) is 4.57 Å². The van der Waals surface area contributed by atoms with Crippen LogP contribution in [0.15, 0.2) is 23.3 Å². The Balaban J connectivity index is 2.04. The predicted molar refractivity (Wildman–Crippen MR) is 73.4 cm³/mol. The van der Waals surface area contributed by atoms with E-state index in [-0.39, 0.29) is 11.7 Å². The van der Waals surface area contributed by atoms with E-state index in [1.54, 1.807) is 6.20 Å². The van der Waals surface area contributed by atoms with Crippen molar-refractivity contribution >= 4 is 22.1 Å². The van der Waals surface area contributed by atoms with Gasteiger partial charge in [0, 0.05) is 18.1 Å². The van der Waals surface area contributed by atoms with Crippen LogP contribution in [0, 0.1) is 0 Å². The van der Waals surface area contributed by atoms with Crippen molar-refractivity contribution < 1.29 is 0 Å². The van der Waals surface area contributed by atoms with E-state index in [9.17, 15) is 4.79 Å². The number of nitrogens with zero attached hydrogens (tertiary/aromatic N) is 2. The van der Waals surface area contributed by atoms with Crippen LogP contribution in [0.5, 0.6) is 0 Å². The molecule has 0 radical (unpaired) electrons. The van der Waals surface area contributed by atoms with Gasteiger partial charge < -0.3 is 15.3 Å². The van der Waals surface area contributed by atoms with E-state index in [4.69, 9.17) is 0 Å². The zero-order chi connectivity index (χ0) is 12.8. The van der Waals surface area contributed by atoms with Gasteiger partial charge >= 0.3 is 5.69 Å². The van der Waals surface area contributed by atoms with Crippen LogP contribution in [0.1, 0.15) is 18.9 Å². The summed E-state index contributed by atoms with van der Waals surface area (Å²) in [6.45, 7) is 1.88. The molecule has 1 saturated heterocycles. The monoisotopic (exact) mass is 257 g/mol. The number of piperidine rings is 1. The lowest BCUT2D eigenvalue weighted by Crippen LogP contribution is -2.35. The summed E-state index contributed by atoms with van der Waals surface area (Å²) >= 11 is 0. The Morgan fingerprint density at radius 1 is 1.42 bits per heavy atom. The molecule has 19 heavy (non-hydrogen) atoms. The normalized spacial score (nSPS) is 20.3. The molecule has 6 nitrogen and oxygen atoms in total. The van der Waals surface area contributed by atoms with Gasteiger partial charge in [-0.25, -0.2) is 9.78 Å². The summed E-state index contributed by atoms with van der Waals surface area (Å²) in [7, 11) is 0. The van der Waals surface area contributed by atoms with Crippen molar-refractivity contribution in [2.24, 2.45) is 0 Å². The Morgan fingerprint density at radius 3 is 3.21 bits per heavy atom. The number of hydrogen-bond acceptors (Lipinski definition) is 3. The maximum Gasteiger partial charge on any atom is 0.326 e. The number of fused-ring (bicyclic) bond motifs is 3. The van der Waals surface area contributed by atoms with Crippen LogP contribution < -0.4 is 11.0 Å². The van der Waals surface area contributed by atoms with Crippen LogP contribution in [0.4, 0.5) is 0 Å². The van der Waals surface area contributed by atoms with Crippen LogP contribution in [0.25, 0.3) is 22.1 Å². The number of pyridine rings is 1. The molecule has 6 heteroatoms. The molecule has 1 aliphatic heterocycles. The van der Waals surface area contributed by atoms with Gasteiger partial charge in [-0.05, 0) is 25.5 Å². The Morgan fingerprint density at radius 2 is 2.37 bits per heavy atom. The Bertz CT molecular complexity index is 790. The summed E-state index contributed by atoms with van der Waals surface area (Å²) in [6, 6.07) is 2.19. The molecule has 3 aromatic rings. The van der Waals surface area contributed by atoms with Crippen LogP contribution in [-0.4, -0.2) is 32.6 Å². The number of nitrogens with one attached hydrogen (secondary N) is 3. The van der Waals surface area contributed by atoms with E-state index >= 15 is 0 Å². The van der Waals surface area contributed by atoms with Crippen LogP contribution in [-0.2, 0) is 0 Å². The van der Waals surface area contributed by atoms with E-state index < -0.39 is 0 Å². The van der Waals surface area contributed by atoms with Crippen molar-refractivity contribution in [2.45, 2.75) is 18.9 Å². The number of hydrogen-bond donors (Lipinski definition) is 3. The molecule has 3 aromatic heterocycles. The molecule has 1 aliphatic rings. The third-order valence-corrected chi connectivity index (χ3v) is 3.90. The molecule has 0 amide bonds. The van der Waals surface area contributed by atoms with E-state index in [1.807, 2.05) is 16.8 Å². The largest absolute Gasteiger partial charge is 0.346 e. The highest BCUT2D eigenvalue weighted by molar-refractivity contribution is 6.00. The molecule has 1 fully saturated rings. The fourth-order valence-corrected chi connectivity index (χ4v) is 3.02.